The second-order valence-electron chi connectivity index (χ2n) is 6.80. The number of hydrogen-bond acceptors (Lipinski definition) is 8. The maximum Gasteiger partial charge on any atom is 0.309 e. The van der Waals surface area contributed by atoms with Gasteiger partial charge in [0.1, 0.15) is 10.6 Å². The number of nitrogens with zero attached hydrogens (tertiary/aromatic N) is 3. The number of nitro benzene ring substituents is 1. The van der Waals surface area contributed by atoms with Gasteiger partial charge in [-0.15, -0.1) is 0 Å². The minimum absolute atomic E-state index is 0.00228. The molecule has 1 saturated heterocycles. The Morgan fingerprint density at radius 3 is 2.55 bits per heavy atom. The number of rotatable bonds is 7. The Labute approximate surface area is 178 Å². The molecule has 31 heavy (non-hydrogen) atoms. The van der Waals surface area contributed by atoms with Crippen molar-refractivity contribution < 1.29 is 27.7 Å². The molecule has 3 rings (SSSR count). The molecule has 2 heterocycles. The van der Waals surface area contributed by atoms with Gasteiger partial charge in [0.2, 0.25) is 10.0 Å². The molecule has 11 nitrogen and oxygen atoms in total. The van der Waals surface area contributed by atoms with Gasteiger partial charge in [0, 0.05) is 31.5 Å². The van der Waals surface area contributed by atoms with Gasteiger partial charge in [-0.2, -0.15) is 4.31 Å². The van der Waals surface area contributed by atoms with Crippen molar-refractivity contribution in [2.24, 2.45) is 5.92 Å². The van der Waals surface area contributed by atoms with Crippen LogP contribution in [-0.4, -0.2) is 54.2 Å². The summed E-state index contributed by atoms with van der Waals surface area (Å²) in [5.74, 6) is -1.87. The molecule has 0 atom stereocenters. The molecule has 0 bridgehead atoms. The average molecular weight is 448 g/mol. The number of pyridine rings is 1. The summed E-state index contributed by atoms with van der Waals surface area (Å²) in [6.07, 6.45) is 3.26. The van der Waals surface area contributed by atoms with Crippen LogP contribution in [0.2, 0.25) is 0 Å². The quantitative estimate of drug-likeness (QED) is 0.381. The molecule has 1 fully saturated rings. The first-order chi connectivity index (χ1) is 14.8. The SMILES string of the molecule is O=C(COC(=O)C1CCN(S(=O)(=O)c2cccnc2)CC1)Nc1ccccc1[N+](=O)[O-]. The Morgan fingerprint density at radius 2 is 1.90 bits per heavy atom. The van der Waals surface area contributed by atoms with Crippen molar-refractivity contribution in [1.29, 1.82) is 0 Å². The largest absolute Gasteiger partial charge is 0.455 e. The fourth-order valence-corrected chi connectivity index (χ4v) is 4.59. The highest BCUT2D eigenvalue weighted by atomic mass is 32.2. The van der Waals surface area contributed by atoms with Gasteiger partial charge in [-0.05, 0) is 31.0 Å². The molecule has 0 spiro atoms. The fraction of sp³-hybridized carbons (Fsp3) is 0.316. The number of nitro groups is 1. The highest BCUT2D eigenvalue weighted by Gasteiger charge is 2.33. The van der Waals surface area contributed by atoms with Gasteiger partial charge in [-0.3, -0.25) is 24.7 Å². The molecule has 1 N–H and O–H groups in total. The van der Waals surface area contributed by atoms with E-state index in [0.29, 0.717) is 0 Å². The van der Waals surface area contributed by atoms with Crippen LogP contribution in [0.15, 0.2) is 53.7 Å². The maximum atomic E-state index is 12.6. The number of sulfonamides is 1. The molecule has 1 amide bonds. The number of esters is 1. The summed E-state index contributed by atoms with van der Waals surface area (Å²) in [6.45, 7) is -0.322. The number of amides is 1. The molecule has 1 aromatic heterocycles. The first-order valence-electron chi connectivity index (χ1n) is 9.39. The van der Waals surface area contributed by atoms with Gasteiger partial charge in [-0.25, -0.2) is 8.42 Å². The highest BCUT2D eigenvalue weighted by molar-refractivity contribution is 7.89. The zero-order valence-corrected chi connectivity index (χ0v) is 17.2. The summed E-state index contributed by atoms with van der Waals surface area (Å²) in [6, 6.07) is 8.60. The summed E-state index contributed by atoms with van der Waals surface area (Å²) in [5.41, 5.74) is -0.271. The average Bonchev–Trinajstić information content (AvgIpc) is 2.78. The van der Waals surface area contributed by atoms with E-state index in [1.54, 1.807) is 0 Å². The van der Waals surface area contributed by atoms with Crippen LogP contribution >= 0.6 is 0 Å². The van der Waals surface area contributed by atoms with Crippen LogP contribution < -0.4 is 5.32 Å². The van der Waals surface area contributed by atoms with Gasteiger partial charge in [0.05, 0.1) is 10.8 Å². The zero-order valence-electron chi connectivity index (χ0n) is 16.3. The normalized spacial score (nSPS) is 15.2. The van der Waals surface area contributed by atoms with Crippen LogP contribution in [0.4, 0.5) is 11.4 Å². The third-order valence-electron chi connectivity index (χ3n) is 4.78. The lowest BCUT2D eigenvalue weighted by molar-refractivity contribution is -0.383. The van der Waals surface area contributed by atoms with Crippen molar-refractivity contribution in [2.75, 3.05) is 25.0 Å². The van der Waals surface area contributed by atoms with Crippen molar-refractivity contribution in [2.45, 2.75) is 17.7 Å². The van der Waals surface area contributed by atoms with Crippen molar-refractivity contribution in [1.82, 2.24) is 9.29 Å². The lowest BCUT2D eigenvalue weighted by atomic mass is 9.98. The molecule has 0 radical (unpaired) electrons. The number of carbonyl (C=O) groups is 2. The summed E-state index contributed by atoms with van der Waals surface area (Å²) in [5, 5.41) is 13.3. The van der Waals surface area contributed by atoms with E-state index in [1.807, 2.05) is 0 Å². The molecule has 0 aliphatic carbocycles. The first-order valence-corrected chi connectivity index (χ1v) is 10.8. The van der Waals surface area contributed by atoms with E-state index >= 15 is 0 Å². The van der Waals surface area contributed by atoms with Crippen LogP contribution in [0, 0.1) is 16.0 Å². The van der Waals surface area contributed by atoms with Gasteiger partial charge in [-0.1, -0.05) is 12.1 Å². The smallest absolute Gasteiger partial charge is 0.309 e. The van der Waals surface area contributed by atoms with Gasteiger partial charge in [0.15, 0.2) is 6.61 Å². The molecular formula is C19H20N4O7S. The van der Waals surface area contributed by atoms with Crippen LogP contribution in [0.25, 0.3) is 0 Å². The Bertz CT molecular complexity index is 1070. The summed E-state index contributed by atoms with van der Waals surface area (Å²) >= 11 is 0. The predicted octanol–water partition coefficient (Wildman–Crippen LogP) is 1.57. The molecule has 164 valence electrons. The number of benzene rings is 1. The van der Waals surface area contributed by atoms with E-state index in [2.05, 4.69) is 10.3 Å². The molecule has 2 aromatic rings. The number of ether oxygens (including phenoxy) is 1. The van der Waals surface area contributed by atoms with E-state index in [4.69, 9.17) is 4.74 Å². The Hall–Kier alpha value is -3.38. The molecule has 0 unspecified atom stereocenters. The molecule has 1 aliphatic rings. The summed E-state index contributed by atoms with van der Waals surface area (Å²) < 4.78 is 31.5. The van der Waals surface area contributed by atoms with Crippen molar-refractivity contribution in [3.8, 4) is 0 Å². The van der Waals surface area contributed by atoms with Gasteiger partial charge >= 0.3 is 5.97 Å². The number of anilines is 1. The van der Waals surface area contributed by atoms with Crippen LogP contribution in [0.5, 0.6) is 0 Å². The summed E-state index contributed by atoms with van der Waals surface area (Å²) in [4.78, 5) is 38.5. The summed E-state index contributed by atoms with van der Waals surface area (Å²) in [7, 11) is -3.68. The standard InChI is InChI=1S/C19H20N4O7S/c24-18(21-16-5-1-2-6-17(16)23(26)27)13-30-19(25)14-7-10-22(11-8-14)31(28,29)15-4-3-9-20-12-15/h1-6,9,12,14H,7-8,10-11,13H2,(H,21,24). The highest BCUT2D eigenvalue weighted by Crippen LogP contribution is 2.25. The van der Waals surface area contributed by atoms with E-state index in [0.717, 1.165) is 0 Å². The predicted molar refractivity (Wildman–Crippen MR) is 108 cm³/mol. The molecule has 1 aliphatic heterocycles. The molecular weight excluding hydrogens is 428 g/mol. The lowest BCUT2D eigenvalue weighted by Gasteiger charge is -2.29. The van der Waals surface area contributed by atoms with E-state index in [9.17, 15) is 28.1 Å². The van der Waals surface area contributed by atoms with Crippen LogP contribution in [-0.2, 0) is 24.3 Å². The van der Waals surface area contributed by atoms with Crippen molar-refractivity contribution in [3.05, 3.63) is 58.9 Å². The second kappa shape index (κ2) is 9.62. The minimum atomic E-state index is -3.68. The Morgan fingerprint density at radius 1 is 1.19 bits per heavy atom. The number of nitrogens with one attached hydrogen (secondary N) is 1. The fourth-order valence-electron chi connectivity index (χ4n) is 3.16. The van der Waals surface area contributed by atoms with Crippen LogP contribution in [0.1, 0.15) is 12.8 Å². The third-order valence-corrected chi connectivity index (χ3v) is 6.66. The van der Waals surface area contributed by atoms with Crippen molar-refractivity contribution in [3.63, 3.8) is 0 Å². The number of piperidine rings is 1. The number of aromatic nitrogens is 1. The molecule has 1 aromatic carbocycles. The number of hydrogen-bond donors (Lipinski definition) is 1. The first kappa shape index (κ1) is 22.3. The van der Waals surface area contributed by atoms with Crippen molar-refractivity contribution >= 4 is 33.3 Å². The van der Waals surface area contributed by atoms with Crippen LogP contribution in [0.3, 0.4) is 0 Å². The van der Waals surface area contributed by atoms with Gasteiger partial charge < -0.3 is 10.1 Å². The molecule has 0 saturated carbocycles. The van der Waals surface area contributed by atoms with E-state index in [1.165, 1.54) is 53.1 Å². The lowest BCUT2D eigenvalue weighted by Crippen LogP contribution is -2.41. The Kier molecular flexibility index (Phi) is 6.92. The zero-order chi connectivity index (χ0) is 22.4. The minimum Gasteiger partial charge on any atom is -0.455 e. The maximum absolute atomic E-state index is 12.6. The number of carbonyl (C=O) groups excluding carboxylic acids is 2. The van der Waals surface area contributed by atoms with E-state index in [-0.39, 0.29) is 42.2 Å². The van der Waals surface area contributed by atoms with E-state index < -0.39 is 39.3 Å². The molecule has 12 heteroatoms. The number of para-hydroxylation sites is 2. The van der Waals surface area contributed by atoms with Gasteiger partial charge in [0.25, 0.3) is 11.6 Å². The second-order valence-corrected chi connectivity index (χ2v) is 8.74. The third kappa shape index (κ3) is 5.41. The monoisotopic (exact) mass is 448 g/mol. The Balaban J connectivity index is 1.49. The topological polar surface area (TPSA) is 149 Å².